The molecule has 35 heavy (non-hydrogen) atoms. The molecule has 7 atom stereocenters. The standard InChI is InChI=1S/C29H36O6/c1-16-12-23-25(35-27(32)20-10-8-7-9-11-20)18(3)15-29(23,33)26(31)17(2)13-21-22(28(21,5)6)14-24(16)34-19(4)30/h7-13,18,21-25,33H,14-15H2,1-6H3/b16-12-,17-13-/t18-,21-,22-,23+,24-,25+,29-/m1/s1. The van der Waals surface area contributed by atoms with Gasteiger partial charge in [-0.3, -0.25) is 9.59 Å². The number of ether oxygens (including phenoxy) is 2. The second kappa shape index (κ2) is 9.05. The van der Waals surface area contributed by atoms with Gasteiger partial charge in [0.25, 0.3) is 0 Å². The number of carbonyl (C=O) groups excluding carboxylic acids is 3. The maximum atomic E-state index is 13.7. The molecule has 1 aromatic rings. The van der Waals surface area contributed by atoms with E-state index in [9.17, 15) is 19.5 Å². The minimum absolute atomic E-state index is 0.0296. The van der Waals surface area contributed by atoms with E-state index in [1.54, 1.807) is 37.3 Å². The number of rotatable bonds is 3. The summed E-state index contributed by atoms with van der Waals surface area (Å²) in [5.41, 5.74) is -0.0552. The average molecular weight is 481 g/mol. The van der Waals surface area contributed by atoms with Gasteiger partial charge in [0.2, 0.25) is 0 Å². The van der Waals surface area contributed by atoms with Crippen LogP contribution in [-0.2, 0) is 19.1 Å². The largest absolute Gasteiger partial charge is 0.458 e. The molecule has 0 amide bonds. The Labute approximate surface area is 207 Å². The Morgan fingerprint density at radius 1 is 1.03 bits per heavy atom. The van der Waals surface area contributed by atoms with Crippen LogP contribution in [0.15, 0.2) is 53.6 Å². The normalized spacial score (nSPS) is 39.0. The molecule has 4 rings (SSSR count). The van der Waals surface area contributed by atoms with Crippen LogP contribution in [-0.4, -0.2) is 40.6 Å². The predicted molar refractivity (Wildman–Crippen MR) is 131 cm³/mol. The molecule has 1 N–H and O–H groups in total. The van der Waals surface area contributed by atoms with Gasteiger partial charge in [-0.15, -0.1) is 0 Å². The van der Waals surface area contributed by atoms with E-state index in [0.717, 1.165) is 5.57 Å². The van der Waals surface area contributed by atoms with Gasteiger partial charge in [-0.05, 0) is 73.1 Å². The summed E-state index contributed by atoms with van der Waals surface area (Å²) in [6.45, 7) is 11.2. The van der Waals surface area contributed by atoms with Crippen LogP contribution in [0.4, 0.5) is 0 Å². The molecule has 6 nitrogen and oxygen atoms in total. The molecule has 1 aromatic carbocycles. The van der Waals surface area contributed by atoms with E-state index in [4.69, 9.17) is 9.47 Å². The number of hydrogen-bond donors (Lipinski definition) is 1. The van der Waals surface area contributed by atoms with Crippen LogP contribution >= 0.6 is 0 Å². The number of esters is 2. The number of fused-ring (bicyclic) bond motifs is 2. The van der Waals surface area contributed by atoms with Crippen molar-refractivity contribution in [3.63, 3.8) is 0 Å². The van der Waals surface area contributed by atoms with Crippen LogP contribution in [0.5, 0.6) is 0 Å². The first kappa shape index (κ1) is 25.4. The first-order chi connectivity index (χ1) is 16.4. The van der Waals surface area contributed by atoms with Gasteiger partial charge in [-0.1, -0.05) is 51.1 Å². The van der Waals surface area contributed by atoms with Crippen molar-refractivity contribution in [1.29, 1.82) is 0 Å². The highest BCUT2D eigenvalue weighted by Gasteiger charge is 2.60. The Bertz CT molecular complexity index is 1080. The molecule has 188 valence electrons. The lowest BCUT2D eigenvalue weighted by molar-refractivity contribution is -0.145. The smallest absolute Gasteiger partial charge is 0.338 e. The van der Waals surface area contributed by atoms with Crippen molar-refractivity contribution in [1.82, 2.24) is 0 Å². The molecule has 0 radical (unpaired) electrons. The Hall–Kier alpha value is -2.73. The minimum Gasteiger partial charge on any atom is -0.458 e. The van der Waals surface area contributed by atoms with Crippen molar-refractivity contribution >= 4 is 17.7 Å². The number of allylic oxidation sites excluding steroid dienone is 1. The van der Waals surface area contributed by atoms with E-state index in [1.165, 1.54) is 6.92 Å². The Kier molecular flexibility index (Phi) is 6.56. The monoisotopic (exact) mass is 480 g/mol. The minimum atomic E-state index is -1.72. The van der Waals surface area contributed by atoms with Crippen LogP contribution in [0.3, 0.4) is 0 Å². The first-order valence-electron chi connectivity index (χ1n) is 12.4. The molecule has 0 heterocycles. The van der Waals surface area contributed by atoms with Crippen LogP contribution in [0.25, 0.3) is 0 Å². The third-order valence-electron chi connectivity index (χ3n) is 8.40. The maximum Gasteiger partial charge on any atom is 0.338 e. The van der Waals surface area contributed by atoms with Gasteiger partial charge in [0.05, 0.1) is 11.5 Å². The second-order valence-corrected chi connectivity index (χ2v) is 11.2. The SMILES string of the molecule is CC(=O)O[C@@H]1C[C@@H]2[C@@H](/C=C(/C)C(=O)[C@@]3(O)C[C@@H](C)[C@H](OC(=O)c4ccccc4)[C@@H]3/C=C\1C)C2(C)C. The molecule has 2 fully saturated rings. The fraction of sp³-hybridized carbons (Fsp3) is 0.552. The van der Waals surface area contributed by atoms with E-state index in [2.05, 4.69) is 13.8 Å². The summed E-state index contributed by atoms with van der Waals surface area (Å²) in [5, 5.41) is 11.9. The summed E-state index contributed by atoms with van der Waals surface area (Å²) in [6, 6.07) is 8.69. The van der Waals surface area contributed by atoms with Crippen LogP contribution in [0.2, 0.25) is 0 Å². The van der Waals surface area contributed by atoms with Crippen molar-refractivity contribution < 1.29 is 29.0 Å². The highest BCUT2D eigenvalue weighted by Crippen LogP contribution is 2.62. The summed E-state index contributed by atoms with van der Waals surface area (Å²) in [5.74, 6) is -1.81. The van der Waals surface area contributed by atoms with E-state index < -0.39 is 29.7 Å². The quantitative estimate of drug-likeness (QED) is 0.500. The molecule has 0 unspecified atom stereocenters. The van der Waals surface area contributed by atoms with Crippen LogP contribution < -0.4 is 0 Å². The number of benzene rings is 1. The third-order valence-corrected chi connectivity index (χ3v) is 8.40. The molecule has 0 saturated heterocycles. The zero-order valence-corrected chi connectivity index (χ0v) is 21.4. The van der Waals surface area contributed by atoms with Crippen LogP contribution in [0.1, 0.15) is 64.7 Å². The molecular formula is C29H36O6. The molecule has 0 spiro atoms. The molecule has 3 aliphatic carbocycles. The number of carbonyl (C=O) groups is 3. The lowest BCUT2D eigenvalue weighted by atomic mass is 9.81. The zero-order valence-electron chi connectivity index (χ0n) is 21.4. The second-order valence-electron chi connectivity index (χ2n) is 11.2. The van der Waals surface area contributed by atoms with Gasteiger partial charge in [-0.2, -0.15) is 0 Å². The van der Waals surface area contributed by atoms with Gasteiger partial charge in [0.15, 0.2) is 5.78 Å². The van der Waals surface area contributed by atoms with Crippen molar-refractivity contribution in [2.75, 3.05) is 0 Å². The molecule has 0 bridgehead atoms. The zero-order chi connectivity index (χ0) is 25.7. The van der Waals surface area contributed by atoms with Crippen molar-refractivity contribution in [2.45, 2.75) is 72.2 Å². The molecule has 0 aliphatic heterocycles. The van der Waals surface area contributed by atoms with E-state index >= 15 is 0 Å². The summed E-state index contributed by atoms with van der Waals surface area (Å²) in [4.78, 5) is 38.6. The summed E-state index contributed by atoms with van der Waals surface area (Å²) >= 11 is 0. The fourth-order valence-corrected chi connectivity index (χ4v) is 6.20. The van der Waals surface area contributed by atoms with Gasteiger partial charge < -0.3 is 14.6 Å². The Balaban J connectivity index is 1.76. The summed E-state index contributed by atoms with van der Waals surface area (Å²) < 4.78 is 11.6. The number of aliphatic hydroxyl groups is 1. The lowest BCUT2D eigenvalue weighted by Crippen LogP contribution is -2.45. The third kappa shape index (κ3) is 4.61. The Morgan fingerprint density at radius 2 is 1.69 bits per heavy atom. The molecule has 6 heteroatoms. The fourth-order valence-electron chi connectivity index (χ4n) is 6.20. The van der Waals surface area contributed by atoms with Crippen LogP contribution in [0, 0.1) is 29.1 Å². The highest BCUT2D eigenvalue weighted by molar-refractivity contribution is 6.02. The first-order valence-corrected chi connectivity index (χ1v) is 12.4. The van der Waals surface area contributed by atoms with Gasteiger partial charge in [0.1, 0.15) is 17.8 Å². The number of ketones is 1. The topological polar surface area (TPSA) is 89.9 Å². The predicted octanol–water partition coefficient (Wildman–Crippen LogP) is 4.67. The van der Waals surface area contributed by atoms with Gasteiger partial charge >= 0.3 is 11.9 Å². The number of Topliss-reactive ketones (excluding diaryl/α,β-unsaturated/α-hetero) is 1. The van der Waals surface area contributed by atoms with Crippen molar-refractivity contribution in [2.24, 2.45) is 29.1 Å². The van der Waals surface area contributed by atoms with Gasteiger partial charge in [0, 0.05) is 6.92 Å². The Morgan fingerprint density at radius 3 is 2.31 bits per heavy atom. The van der Waals surface area contributed by atoms with E-state index in [1.807, 2.05) is 26.0 Å². The van der Waals surface area contributed by atoms with Gasteiger partial charge in [-0.25, -0.2) is 4.79 Å². The molecule has 0 aromatic heterocycles. The molecule has 3 aliphatic rings. The maximum absolute atomic E-state index is 13.7. The lowest BCUT2D eigenvalue weighted by Gasteiger charge is -2.31. The van der Waals surface area contributed by atoms with Crippen molar-refractivity contribution in [3.05, 3.63) is 59.2 Å². The van der Waals surface area contributed by atoms with E-state index in [-0.39, 0.29) is 41.3 Å². The number of hydrogen-bond acceptors (Lipinski definition) is 6. The highest BCUT2D eigenvalue weighted by atomic mass is 16.5. The average Bonchev–Trinajstić information content (AvgIpc) is 3.20. The summed E-state index contributed by atoms with van der Waals surface area (Å²) in [7, 11) is 0. The van der Waals surface area contributed by atoms with Crippen molar-refractivity contribution in [3.8, 4) is 0 Å². The summed E-state index contributed by atoms with van der Waals surface area (Å²) in [6.07, 6.45) is 3.40. The molecular weight excluding hydrogens is 444 g/mol. The van der Waals surface area contributed by atoms with E-state index in [0.29, 0.717) is 17.6 Å². The molecule has 2 saturated carbocycles.